The molecule has 254 valence electrons. The van der Waals surface area contributed by atoms with Crippen molar-refractivity contribution in [1.29, 1.82) is 10.8 Å². The van der Waals surface area contributed by atoms with Gasteiger partial charge in [0.1, 0.15) is 5.69 Å². The first-order chi connectivity index (χ1) is 23.6. The van der Waals surface area contributed by atoms with E-state index in [0.29, 0.717) is 62.5 Å². The number of benzene rings is 2. The van der Waals surface area contributed by atoms with E-state index in [0.717, 1.165) is 23.1 Å². The third-order valence-corrected chi connectivity index (χ3v) is 9.63. The zero-order valence-electron chi connectivity index (χ0n) is 27.3. The topological polar surface area (TPSA) is 155 Å². The van der Waals surface area contributed by atoms with Crippen molar-refractivity contribution in [1.82, 2.24) is 20.1 Å². The number of amides is 2. The molecule has 6 rings (SSSR count). The predicted octanol–water partition coefficient (Wildman–Crippen LogP) is 4.34. The number of pyridine rings is 1. The molecule has 2 saturated heterocycles. The van der Waals surface area contributed by atoms with E-state index in [9.17, 15) is 18.4 Å². The van der Waals surface area contributed by atoms with Crippen molar-refractivity contribution in [3.8, 4) is 0 Å². The Labute approximate surface area is 283 Å². The fourth-order valence-corrected chi connectivity index (χ4v) is 6.84. The second-order valence-corrected chi connectivity index (χ2v) is 12.7. The summed E-state index contributed by atoms with van der Waals surface area (Å²) in [4.78, 5) is 40.6. The van der Waals surface area contributed by atoms with Gasteiger partial charge in [0.05, 0.1) is 24.0 Å². The van der Waals surface area contributed by atoms with Crippen LogP contribution in [0.3, 0.4) is 0 Å². The van der Waals surface area contributed by atoms with Crippen LogP contribution in [0, 0.1) is 16.2 Å². The lowest BCUT2D eigenvalue weighted by molar-refractivity contribution is -0.132. The minimum absolute atomic E-state index is 0.0193. The van der Waals surface area contributed by atoms with Crippen LogP contribution < -0.4 is 16.0 Å². The molecule has 2 amide bonds. The van der Waals surface area contributed by atoms with E-state index in [2.05, 4.69) is 26.3 Å². The molecule has 0 aliphatic carbocycles. The second-order valence-electron chi connectivity index (χ2n) is 12.7. The van der Waals surface area contributed by atoms with Crippen LogP contribution in [0.1, 0.15) is 53.6 Å². The van der Waals surface area contributed by atoms with Crippen molar-refractivity contribution in [3.63, 3.8) is 0 Å². The van der Waals surface area contributed by atoms with Gasteiger partial charge >= 0.3 is 0 Å². The number of rotatable bonds is 9. The summed E-state index contributed by atoms with van der Waals surface area (Å²) in [5.41, 5.74) is 9.63. The fourth-order valence-electron chi connectivity index (χ4n) is 6.84. The molecule has 2 aromatic carbocycles. The lowest BCUT2D eigenvalue weighted by atomic mass is 9.85. The number of halogens is 2. The summed E-state index contributed by atoms with van der Waals surface area (Å²) in [7, 11) is 1.73. The normalized spacial score (nSPS) is 19.7. The molecular formula is C36H39F2N9O2. The monoisotopic (exact) mass is 667 g/mol. The molecule has 3 aromatic rings. The molecular weight excluding hydrogens is 628 g/mol. The SMILES string of the molecule is CN/C=N\C(=N)c1ccc(C2=CCN(C(=O)CN3CC[C@]4(CCN(c5ccc(N)c(C(=N)c6ccnc(C(F)F)c6)c5)C4=O)C3)CC2)cc1. The van der Waals surface area contributed by atoms with Gasteiger partial charge in [-0.05, 0) is 67.3 Å². The molecule has 2 fully saturated rings. The Morgan fingerprint density at radius 2 is 1.86 bits per heavy atom. The maximum absolute atomic E-state index is 13.9. The average Bonchev–Trinajstić information content (AvgIpc) is 3.68. The zero-order valence-corrected chi connectivity index (χ0v) is 27.3. The van der Waals surface area contributed by atoms with Crippen LogP contribution in [0.4, 0.5) is 20.2 Å². The number of anilines is 2. The van der Waals surface area contributed by atoms with E-state index in [4.69, 9.17) is 16.6 Å². The van der Waals surface area contributed by atoms with Crippen molar-refractivity contribution in [2.24, 2.45) is 10.4 Å². The summed E-state index contributed by atoms with van der Waals surface area (Å²) in [5, 5.41) is 19.5. The Hall–Kier alpha value is -5.30. The summed E-state index contributed by atoms with van der Waals surface area (Å²) in [6.07, 6.45) is 4.06. The van der Waals surface area contributed by atoms with E-state index in [1.54, 1.807) is 30.1 Å². The molecule has 11 nitrogen and oxygen atoms in total. The van der Waals surface area contributed by atoms with Gasteiger partial charge < -0.3 is 20.9 Å². The van der Waals surface area contributed by atoms with E-state index in [1.165, 1.54) is 24.7 Å². The second kappa shape index (κ2) is 14.0. The number of nitrogen functional groups attached to an aromatic ring is 1. The number of hydrogen-bond acceptors (Lipinski definition) is 7. The van der Waals surface area contributed by atoms with Crippen LogP contribution in [0.5, 0.6) is 0 Å². The molecule has 4 heterocycles. The Bertz CT molecular complexity index is 1840. The number of hydrogen-bond donors (Lipinski definition) is 4. The Balaban J connectivity index is 1.06. The molecule has 1 atom stereocenters. The smallest absolute Gasteiger partial charge is 0.280 e. The number of aliphatic imine (C=N–C) groups is 1. The van der Waals surface area contributed by atoms with Crippen molar-refractivity contribution in [2.45, 2.75) is 25.7 Å². The number of nitrogens with two attached hydrogens (primary N) is 1. The molecule has 49 heavy (non-hydrogen) atoms. The predicted molar refractivity (Wildman–Crippen MR) is 186 cm³/mol. The summed E-state index contributed by atoms with van der Waals surface area (Å²) in [5.74, 6) is 0.195. The highest BCUT2D eigenvalue weighted by Crippen LogP contribution is 2.43. The van der Waals surface area contributed by atoms with E-state index in [1.807, 2.05) is 29.2 Å². The molecule has 13 heteroatoms. The Kier molecular flexibility index (Phi) is 9.63. The number of alkyl halides is 2. The summed E-state index contributed by atoms with van der Waals surface area (Å²) in [6, 6.07) is 15.4. The number of nitrogens with zero attached hydrogens (tertiary/aromatic N) is 5. The number of carbonyl (C=O) groups is 2. The highest BCUT2D eigenvalue weighted by atomic mass is 19.3. The highest BCUT2D eigenvalue weighted by molar-refractivity contribution is 6.15. The lowest BCUT2D eigenvalue weighted by Gasteiger charge is -2.29. The van der Waals surface area contributed by atoms with Crippen LogP contribution in [-0.2, 0) is 9.59 Å². The van der Waals surface area contributed by atoms with Gasteiger partial charge in [0, 0.05) is 67.5 Å². The summed E-state index contributed by atoms with van der Waals surface area (Å²) in [6.45, 7) is 3.00. The molecule has 0 unspecified atom stereocenters. The summed E-state index contributed by atoms with van der Waals surface area (Å²) >= 11 is 0. The number of nitrogens with one attached hydrogen (secondary N) is 3. The number of likely N-dealkylation sites (tertiary alicyclic amines) is 1. The Morgan fingerprint density at radius 1 is 1.08 bits per heavy atom. The van der Waals surface area contributed by atoms with Gasteiger partial charge in [0.25, 0.3) is 6.43 Å². The first kappa shape index (κ1) is 33.6. The maximum atomic E-state index is 13.9. The third kappa shape index (κ3) is 6.98. The lowest BCUT2D eigenvalue weighted by Crippen LogP contribution is -2.43. The van der Waals surface area contributed by atoms with Gasteiger partial charge in [0.15, 0.2) is 5.84 Å². The van der Waals surface area contributed by atoms with Crippen molar-refractivity contribution < 1.29 is 18.4 Å². The van der Waals surface area contributed by atoms with Gasteiger partial charge in [-0.25, -0.2) is 13.8 Å². The minimum Gasteiger partial charge on any atom is -0.398 e. The maximum Gasteiger partial charge on any atom is 0.280 e. The number of aromatic nitrogens is 1. The van der Waals surface area contributed by atoms with Gasteiger partial charge in [-0.2, -0.15) is 0 Å². The quantitative estimate of drug-likeness (QED) is 0.151. The number of carbonyl (C=O) groups excluding carboxylic acids is 2. The van der Waals surface area contributed by atoms with Gasteiger partial charge in [-0.1, -0.05) is 30.3 Å². The Morgan fingerprint density at radius 3 is 2.57 bits per heavy atom. The minimum atomic E-state index is -2.76. The standard InChI is InChI=1S/C36H39F2N9O2/c1-42-22-44-34(41)25-4-2-23(3-5-25)24-9-14-46(15-10-24)31(48)20-45-16-11-36(21-45)12-17-47(35(36)49)27-6-7-29(39)28(19-27)32(40)26-8-13-43-30(18-26)33(37)38/h2-9,13,18-19,22,33,40H,10-12,14-17,20-21,39H2,1H3,(H2,41,42,44)/t36-/m0/s1. The molecule has 0 radical (unpaired) electrons. The van der Waals surface area contributed by atoms with Crippen LogP contribution >= 0.6 is 0 Å². The molecule has 1 aromatic heterocycles. The third-order valence-electron chi connectivity index (χ3n) is 9.63. The van der Waals surface area contributed by atoms with Crippen LogP contribution in [-0.4, -0.2) is 90.8 Å². The molecule has 3 aliphatic rings. The van der Waals surface area contributed by atoms with Gasteiger partial charge in [-0.15, -0.1) is 0 Å². The molecule has 3 aliphatic heterocycles. The first-order valence-electron chi connectivity index (χ1n) is 16.2. The van der Waals surface area contributed by atoms with Gasteiger partial charge in [-0.3, -0.25) is 30.3 Å². The van der Waals surface area contributed by atoms with Crippen LogP contribution in [0.25, 0.3) is 5.57 Å². The fraction of sp³-hybridized carbons (Fsp3) is 0.333. The molecule has 0 saturated carbocycles. The van der Waals surface area contributed by atoms with E-state index in [-0.39, 0.29) is 35.5 Å². The first-order valence-corrected chi connectivity index (χ1v) is 16.2. The molecule has 5 N–H and O–H groups in total. The van der Waals surface area contributed by atoms with Gasteiger partial charge in [0.2, 0.25) is 11.8 Å². The largest absolute Gasteiger partial charge is 0.398 e. The van der Waals surface area contributed by atoms with Crippen molar-refractivity contribution in [3.05, 3.63) is 94.8 Å². The van der Waals surface area contributed by atoms with E-state index < -0.39 is 17.5 Å². The van der Waals surface area contributed by atoms with E-state index >= 15 is 0 Å². The van der Waals surface area contributed by atoms with Crippen molar-refractivity contribution >= 4 is 46.6 Å². The van der Waals surface area contributed by atoms with Crippen LogP contribution in [0.15, 0.2) is 71.9 Å². The highest BCUT2D eigenvalue weighted by Gasteiger charge is 2.51. The number of amidine groups is 1. The van der Waals surface area contributed by atoms with Crippen molar-refractivity contribution in [2.75, 3.05) is 56.9 Å². The van der Waals surface area contributed by atoms with Crippen LogP contribution in [0.2, 0.25) is 0 Å². The molecule has 0 bridgehead atoms. The molecule has 1 spiro atoms. The average molecular weight is 668 g/mol. The zero-order chi connectivity index (χ0) is 34.7. The summed E-state index contributed by atoms with van der Waals surface area (Å²) < 4.78 is 26.5.